The second-order valence-corrected chi connectivity index (χ2v) is 20.0. The average molecular weight is 730 g/mol. The molecule has 4 rings (SSSR count). The molecule has 5 amide bonds. The van der Waals surface area contributed by atoms with Gasteiger partial charge in [0.05, 0.1) is 22.1 Å². The SMILES string of the molecule is C#CCCC(NC(=O)[C@@H]1[C@@H]2C(CN1C(=O)[C@@H](NC(=O)NC1(CS(=O)(=O)C(C)(C)C)CCCCC1)C(C)(C)C)C21CCCC1)C(=O)C(=O)NCC=C. The number of sulfone groups is 1. The van der Waals surface area contributed by atoms with Gasteiger partial charge in [-0.3, -0.25) is 19.2 Å². The summed E-state index contributed by atoms with van der Waals surface area (Å²) in [6.45, 7) is 14.4. The van der Waals surface area contributed by atoms with E-state index in [4.69, 9.17) is 6.42 Å². The molecule has 5 atom stereocenters. The first-order valence-electron chi connectivity index (χ1n) is 18.5. The molecule has 4 N–H and O–H groups in total. The van der Waals surface area contributed by atoms with E-state index >= 15 is 0 Å². The molecule has 284 valence electrons. The molecule has 0 aromatic rings. The van der Waals surface area contributed by atoms with Crippen LogP contribution in [0.25, 0.3) is 0 Å². The first-order valence-corrected chi connectivity index (χ1v) is 20.2. The Bertz CT molecular complexity index is 1520. The molecule has 51 heavy (non-hydrogen) atoms. The molecule has 0 bridgehead atoms. The number of hydrogen-bond acceptors (Lipinski definition) is 7. The first kappa shape index (κ1) is 40.4. The highest BCUT2D eigenvalue weighted by Gasteiger charge is 2.74. The predicted molar refractivity (Wildman–Crippen MR) is 196 cm³/mol. The van der Waals surface area contributed by atoms with E-state index < -0.39 is 73.2 Å². The van der Waals surface area contributed by atoms with Gasteiger partial charge in [-0.15, -0.1) is 18.9 Å². The van der Waals surface area contributed by atoms with Crippen LogP contribution < -0.4 is 21.3 Å². The molecular weight excluding hydrogens is 671 g/mol. The number of terminal acetylenes is 1. The molecule has 1 heterocycles. The van der Waals surface area contributed by atoms with Crippen LogP contribution in [0.2, 0.25) is 0 Å². The van der Waals surface area contributed by atoms with Crippen LogP contribution in [0.5, 0.6) is 0 Å². The van der Waals surface area contributed by atoms with E-state index in [-0.39, 0.29) is 42.4 Å². The van der Waals surface area contributed by atoms with Crippen molar-refractivity contribution >= 4 is 39.4 Å². The third-order valence-corrected chi connectivity index (χ3v) is 14.5. The maximum absolute atomic E-state index is 14.6. The number of urea groups is 1. The van der Waals surface area contributed by atoms with E-state index in [0.717, 1.165) is 44.9 Å². The summed E-state index contributed by atoms with van der Waals surface area (Å²) < 4.78 is 25.7. The van der Waals surface area contributed by atoms with Gasteiger partial charge in [0.1, 0.15) is 12.1 Å². The highest BCUT2D eigenvalue weighted by molar-refractivity contribution is 7.92. The van der Waals surface area contributed by atoms with E-state index in [1.807, 2.05) is 20.8 Å². The number of rotatable bonds is 13. The van der Waals surface area contributed by atoms with Gasteiger partial charge in [0.15, 0.2) is 9.84 Å². The number of hydrogen-bond donors (Lipinski definition) is 4. The Morgan fingerprint density at radius 3 is 2.12 bits per heavy atom. The third-order valence-electron chi connectivity index (χ3n) is 11.7. The zero-order valence-electron chi connectivity index (χ0n) is 31.4. The number of fused-ring (bicyclic) bond motifs is 3. The minimum absolute atomic E-state index is 0.0492. The molecule has 3 aliphatic carbocycles. The van der Waals surface area contributed by atoms with Crippen molar-refractivity contribution in [2.45, 2.75) is 141 Å². The summed E-state index contributed by atoms with van der Waals surface area (Å²) in [6.07, 6.45) is 14.6. The number of carbonyl (C=O) groups is 5. The van der Waals surface area contributed by atoms with Crippen molar-refractivity contribution in [3.05, 3.63) is 12.7 Å². The van der Waals surface area contributed by atoms with Gasteiger partial charge in [-0.1, -0.05) is 59.0 Å². The van der Waals surface area contributed by atoms with E-state index in [0.29, 0.717) is 19.4 Å². The molecule has 2 unspecified atom stereocenters. The molecular formula is C38H59N5O7S. The minimum Gasteiger partial charge on any atom is -0.346 e. The normalized spacial score (nSPS) is 24.7. The van der Waals surface area contributed by atoms with Crippen LogP contribution in [0.4, 0.5) is 4.79 Å². The number of nitrogens with zero attached hydrogens (tertiary/aromatic N) is 1. The quantitative estimate of drug-likeness (QED) is 0.128. The number of piperidine rings is 1. The molecule has 12 nitrogen and oxygen atoms in total. The van der Waals surface area contributed by atoms with Gasteiger partial charge in [-0.2, -0.15) is 0 Å². The van der Waals surface area contributed by atoms with Crippen molar-refractivity contribution in [3.63, 3.8) is 0 Å². The van der Waals surface area contributed by atoms with Crippen molar-refractivity contribution in [1.82, 2.24) is 26.2 Å². The van der Waals surface area contributed by atoms with Crippen molar-refractivity contribution in [3.8, 4) is 12.3 Å². The number of carbonyl (C=O) groups excluding carboxylic acids is 5. The van der Waals surface area contributed by atoms with Crippen LogP contribution in [0.3, 0.4) is 0 Å². The zero-order valence-corrected chi connectivity index (χ0v) is 32.2. The highest BCUT2D eigenvalue weighted by atomic mass is 32.2. The maximum Gasteiger partial charge on any atom is 0.315 e. The predicted octanol–water partition coefficient (Wildman–Crippen LogP) is 3.40. The topological polar surface area (TPSA) is 171 Å². The molecule has 0 radical (unpaired) electrons. The lowest BCUT2D eigenvalue weighted by atomic mass is 9.83. The third kappa shape index (κ3) is 8.64. The second kappa shape index (κ2) is 15.3. The lowest BCUT2D eigenvalue weighted by Gasteiger charge is -2.41. The fourth-order valence-electron chi connectivity index (χ4n) is 8.73. The molecule has 4 aliphatic rings. The maximum atomic E-state index is 14.6. The average Bonchev–Trinajstić information content (AvgIpc) is 3.35. The van der Waals surface area contributed by atoms with Crippen LogP contribution >= 0.6 is 0 Å². The molecule has 1 saturated heterocycles. The number of nitrogens with one attached hydrogen (secondary N) is 4. The summed E-state index contributed by atoms with van der Waals surface area (Å²) in [5.41, 5.74) is -1.80. The number of ketones is 1. The summed E-state index contributed by atoms with van der Waals surface area (Å²) >= 11 is 0. The molecule has 1 aliphatic heterocycles. The van der Waals surface area contributed by atoms with Crippen LogP contribution in [0, 0.1) is 35.0 Å². The number of likely N-dealkylation sites (tertiary alicyclic amines) is 1. The van der Waals surface area contributed by atoms with Gasteiger partial charge in [-0.25, -0.2) is 13.2 Å². The molecule has 3 saturated carbocycles. The Kier molecular flexibility index (Phi) is 12.1. The Hall–Kier alpha value is -3.40. The zero-order chi connectivity index (χ0) is 38.0. The fraction of sp³-hybridized carbons (Fsp3) is 0.763. The number of amides is 5. The van der Waals surface area contributed by atoms with Crippen molar-refractivity contribution < 1.29 is 32.4 Å². The van der Waals surface area contributed by atoms with Crippen LogP contribution in [0.1, 0.15) is 112 Å². The van der Waals surface area contributed by atoms with Crippen LogP contribution in [-0.4, -0.2) is 90.1 Å². The van der Waals surface area contributed by atoms with Gasteiger partial charge in [0, 0.05) is 19.5 Å². The summed E-state index contributed by atoms with van der Waals surface area (Å²) in [5.74, 6) is -0.351. The lowest BCUT2D eigenvalue weighted by molar-refractivity contribution is -0.145. The van der Waals surface area contributed by atoms with Gasteiger partial charge in [0.2, 0.25) is 17.6 Å². The number of Topliss-reactive ketones (excluding diaryl/α,β-unsaturated/α-hetero) is 1. The minimum atomic E-state index is -3.58. The van der Waals surface area contributed by atoms with E-state index in [1.165, 1.54) is 6.08 Å². The van der Waals surface area contributed by atoms with Crippen molar-refractivity contribution in [2.24, 2.45) is 22.7 Å². The largest absolute Gasteiger partial charge is 0.346 e. The Balaban J connectivity index is 1.59. The van der Waals surface area contributed by atoms with E-state index in [1.54, 1.807) is 25.7 Å². The summed E-state index contributed by atoms with van der Waals surface area (Å²) in [4.78, 5) is 70.0. The standard InChI is InChI=1S/C38H59N5O7S/c1-9-11-17-26(29(44)32(46)39-22-10-2)40-31(45)28-27-25(38(27)20-15-16-21-38)23-43(28)33(47)30(35(3,4)5)41-34(48)42-37(18-13-12-14-19-37)24-51(49,50)36(6,7)8/h1,10,25-28,30H,2,11-24H2,3-8H3,(H,39,46)(H,40,45)(H2,41,42,48)/t25?,26?,27-,28-,30+/m0/s1. The molecule has 0 aromatic heterocycles. The summed E-state index contributed by atoms with van der Waals surface area (Å²) in [7, 11) is -3.58. The van der Waals surface area contributed by atoms with E-state index in [2.05, 4.69) is 33.8 Å². The molecule has 13 heteroatoms. The smallest absolute Gasteiger partial charge is 0.315 e. The Morgan fingerprint density at radius 1 is 0.961 bits per heavy atom. The van der Waals surface area contributed by atoms with Gasteiger partial charge in [-0.05, 0) is 75.5 Å². The van der Waals surface area contributed by atoms with Crippen LogP contribution in [-0.2, 0) is 29.0 Å². The molecule has 0 aromatic carbocycles. The fourth-order valence-corrected chi connectivity index (χ4v) is 10.3. The molecule has 1 spiro atoms. The van der Waals surface area contributed by atoms with E-state index in [9.17, 15) is 32.4 Å². The van der Waals surface area contributed by atoms with Gasteiger partial charge < -0.3 is 26.2 Å². The van der Waals surface area contributed by atoms with Gasteiger partial charge in [0.25, 0.3) is 5.91 Å². The first-order chi connectivity index (χ1) is 23.7. The van der Waals surface area contributed by atoms with Gasteiger partial charge >= 0.3 is 6.03 Å². The van der Waals surface area contributed by atoms with Crippen molar-refractivity contribution in [1.29, 1.82) is 0 Å². The molecule has 4 fully saturated rings. The monoisotopic (exact) mass is 729 g/mol. The highest BCUT2D eigenvalue weighted by Crippen LogP contribution is 2.72. The summed E-state index contributed by atoms with van der Waals surface area (Å²) in [6, 6.07) is -3.74. The second-order valence-electron chi connectivity index (χ2n) is 17.3. The van der Waals surface area contributed by atoms with Crippen LogP contribution in [0.15, 0.2) is 12.7 Å². The lowest BCUT2D eigenvalue weighted by Crippen LogP contribution is -2.64. The summed E-state index contributed by atoms with van der Waals surface area (Å²) in [5, 5.41) is 11.2. The Morgan fingerprint density at radius 2 is 1.57 bits per heavy atom. The van der Waals surface area contributed by atoms with Crippen molar-refractivity contribution in [2.75, 3.05) is 18.8 Å². The Labute approximate surface area is 304 Å².